The summed E-state index contributed by atoms with van der Waals surface area (Å²) < 4.78 is 4.95. The molecule has 1 aromatic rings. The maximum Gasteiger partial charge on any atom is 0.323 e. The molecule has 0 heterocycles. The van der Waals surface area contributed by atoms with Gasteiger partial charge in [0.25, 0.3) is 0 Å². The van der Waals surface area contributed by atoms with Crippen molar-refractivity contribution in [1.29, 1.82) is 0 Å². The molecule has 0 aromatic heterocycles. The van der Waals surface area contributed by atoms with Crippen LogP contribution in [0, 0.1) is 26.7 Å². The summed E-state index contributed by atoms with van der Waals surface area (Å²) in [5, 5.41) is 3.46. The summed E-state index contributed by atoms with van der Waals surface area (Å²) >= 11 is 0. The van der Waals surface area contributed by atoms with Crippen LogP contribution in [0.1, 0.15) is 55.5 Å². The van der Waals surface area contributed by atoms with Crippen LogP contribution in [-0.2, 0) is 9.53 Å². The number of hydrogen-bond donors (Lipinski definition) is 1. The molecule has 3 unspecified atom stereocenters. The number of methoxy groups -OCH3 is 1. The lowest BCUT2D eigenvalue weighted by atomic mass is 9.92. The number of ether oxygens (including phenoxy) is 1. The molecule has 0 aliphatic rings. The topological polar surface area (TPSA) is 38.3 Å². The fourth-order valence-electron chi connectivity index (χ4n) is 3.05. The van der Waals surface area contributed by atoms with E-state index >= 15 is 0 Å². The van der Waals surface area contributed by atoms with E-state index in [9.17, 15) is 4.79 Å². The van der Waals surface area contributed by atoms with E-state index in [-0.39, 0.29) is 24.0 Å². The Labute approximate surface area is 129 Å². The fourth-order valence-corrected chi connectivity index (χ4v) is 3.05. The Balaban J connectivity index is 3.02. The van der Waals surface area contributed by atoms with E-state index in [1.807, 2.05) is 0 Å². The molecule has 3 nitrogen and oxygen atoms in total. The second-order valence-electron chi connectivity index (χ2n) is 6.09. The third kappa shape index (κ3) is 4.31. The zero-order valence-corrected chi connectivity index (χ0v) is 14.4. The Morgan fingerprint density at radius 2 is 1.71 bits per heavy atom. The first-order valence-corrected chi connectivity index (χ1v) is 7.73. The predicted octanol–water partition coefficient (Wildman–Crippen LogP) is 3.85. The molecule has 3 atom stereocenters. The Kier molecular flexibility index (Phi) is 6.41. The molecular formula is C18H29NO2. The van der Waals surface area contributed by atoms with Crippen LogP contribution in [0.3, 0.4) is 0 Å². The first-order chi connectivity index (χ1) is 9.81. The van der Waals surface area contributed by atoms with Gasteiger partial charge in [-0.05, 0) is 50.3 Å². The molecule has 0 radical (unpaired) electrons. The summed E-state index contributed by atoms with van der Waals surface area (Å²) in [6, 6.07) is 4.23. The molecule has 0 saturated carbocycles. The van der Waals surface area contributed by atoms with Crippen molar-refractivity contribution >= 4 is 5.97 Å². The summed E-state index contributed by atoms with van der Waals surface area (Å²) in [6.45, 7) is 12.7. The average Bonchev–Trinajstić information content (AvgIpc) is 2.41. The van der Waals surface area contributed by atoms with Gasteiger partial charge in [0.1, 0.15) is 6.04 Å². The van der Waals surface area contributed by atoms with Gasteiger partial charge < -0.3 is 4.74 Å². The Hall–Kier alpha value is -1.35. The van der Waals surface area contributed by atoms with Gasteiger partial charge in [-0.1, -0.05) is 38.0 Å². The molecule has 21 heavy (non-hydrogen) atoms. The molecule has 0 saturated heterocycles. The molecule has 1 N–H and O–H groups in total. The quantitative estimate of drug-likeness (QED) is 0.809. The Morgan fingerprint density at radius 1 is 1.19 bits per heavy atom. The first kappa shape index (κ1) is 17.7. The first-order valence-electron chi connectivity index (χ1n) is 7.73. The minimum absolute atomic E-state index is 0.115. The highest BCUT2D eigenvalue weighted by atomic mass is 16.5. The van der Waals surface area contributed by atoms with E-state index in [2.05, 4.69) is 59.0 Å². The van der Waals surface area contributed by atoms with Gasteiger partial charge >= 0.3 is 5.97 Å². The Bertz CT molecular complexity index is 473. The molecule has 0 spiro atoms. The van der Waals surface area contributed by atoms with E-state index in [4.69, 9.17) is 4.74 Å². The molecule has 118 valence electrons. The zero-order chi connectivity index (χ0) is 16.2. The minimum atomic E-state index is -0.268. The van der Waals surface area contributed by atoms with E-state index in [1.165, 1.54) is 29.4 Å². The van der Waals surface area contributed by atoms with Crippen LogP contribution in [-0.4, -0.2) is 19.1 Å². The van der Waals surface area contributed by atoms with Crippen LogP contribution < -0.4 is 5.32 Å². The highest BCUT2D eigenvalue weighted by Gasteiger charge is 2.27. The highest BCUT2D eigenvalue weighted by Crippen LogP contribution is 2.25. The SMILES string of the molecule is CCC(C)C(NC(C)c1c(C)cc(C)cc1C)C(=O)OC. The van der Waals surface area contributed by atoms with Gasteiger partial charge in [0, 0.05) is 6.04 Å². The van der Waals surface area contributed by atoms with Crippen molar-refractivity contribution in [1.82, 2.24) is 5.32 Å². The van der Waals surface area contributed by atoms with Crippen molar-refractivity contribution in [3.05, 3.63) is 34.4 Å². The number of rotatable bonds is 6. The highest BCUT2D eigenvalue weighted by molar-refractivity contribution is 5.76. The van der Waals surface area contributed by atoms with Crippen LogP contribution in [0.25, 0.3) is 0 Å². The van der Waals surface area contributed by atoms with Gasteiger partial charge in [-0.2, -0.15) is 0 Å². The number of benzene rings is 1. The third-order valence-electron chi connectivity index (χ3n) is 4.27. The third-order valence-corrected chi connectivity index (χ3v) is 4.27. The van der Waals surface area contributed by atoms with Crippen molar-refractivity contribution in [2.45, 2.75) is 60.0 Å². The molecule has 1 rings (SSSR count). The average molecular weight is 291 g/mol. The number of nitrogens with one attached hydrogen (secondary N) is 1. The number of carbonyl (C=O) groups excluding carboxylic acids is 1. The second kappa shape index (κ2) is 7.60. The van der Waals surface area contributed by atoms with Crippen LogP contribution in [0.4, 0.5) is 0 Å². The lowest BCUT2D eigenvalue weighted by Crippen LogP contribution is -2.44. The molecule has 0 bridgehead atoms. The second-order valence-corrected chi connectivity index (χ2v) is 6.09. The summed E-state index contributed by atoms with van der Waals surface area (Å²) in [6.07, 6.45) is 0.936. The normalized spacial score (nSPS) is 15.4. The number of carbonyl (C=O) groups is 1. The summed E-state index contributed by atoms with van der Waals surface area (Å²) in [4.78, 5) is 12.0. The van der Waals surface area contributed by atoms with Crippen LogP contribution in [0.2, 0.25) is 0 Å². The van der Waals surface area contributed by atoms with Crippen molar-refractivity contribution in [3.63, 3.8) is 0 Å². The predicted molar refractivity (Wildman–Crippen MR) is 87.5 cm³/mol. The molecule has 0 fully saturated rings. The van der Waals surface area contributed by atoms with E-state index in [0.29, 0.717) is 0 Å². The standard InChI is InChI=1S/C18H29NO2/c1-8-12(3)17(18(20)21-7)19-15(6)16-13(4)9-11(2)10-14(16)5/h9-10,12,15,17,19H,8H2,1-7H3. The molecule has 1 aromatic carbocycles. The van der Waals surface area contributed by atoms with Gasteiger partial charge in [-0.3, -0.25) is 10.1 Å². The summed E-state index contributed by atoms with van der Waals surface area (Å²) in [5.74, 6) is 0.0598. The van der Waals surface area contributed by atoms with E-state index in [0.717, 1.165) is 6.42 Å². The van der Waals surface area contributed by atoms with Crippen molar-refractivity contribution < 1.29 is 9.53 Å². The van der Waals surface area contributed by atoms with Gasteiger partial charge in [-0.25, -0.2) is 0 Å². The van der Waals surface area contributed by atoms with E-state index in [1.54, 1.807) is 0 Å². The Morgan fingerprint density at radius 3 is 2.14 bits per heavy atom. The number of aryl methyl sites for hydroxylation is 3. The zero-order valence-electron chi connectivity index (χ0n) is 14.4. The van der Waals surface area contributed by atoms with Crippen molar-refractivity contribution in [2.75, 3.05) is 7.11 Å². The lowest BCUT2D eigenvalue weighted by Gasteiger charge is -2.28. The monoisotopic (exact) mass is 291 g/mol. The smallest absolute Gasteiger partial charge is 0.323 e. The van der Waals surface area contributed by atoms with Crippen molar-refractivity contribution in [2.24, 2.45) is 5.92 Å². The largest absolute Gasteiger partial charge is 0.468 e. The molecule has 0 amide bonds. The maximum absolute atomic E-state index is 12.0. The fraction of sp³-hybridized carbons (Fsp3) is 0.611. The van der Waals surface area contributed by atoms with Gasteiger partial charge in [0.2, 0.25) is 0 Å². The van der Waals surface area contributed by atoms with Crippen LogP contribution in [0.15, 0.2) is 12.1 Å². The van der Waals surface area contributed by atoms with Gasteiger partial charge in [0.15, 0.2) is 0 Å². The number of esters is 1. The summed E-state index contributed by atoms with van der Waals surface area (Å²) in [7, 11) is 1.45. The number of hydrogen-bond acceptors (Lipinski definition) is 3. The minimum Gasteiger partial charge on any atom is -0.468 e. The van der Waals surface area contributed by atoms with Crippen molar-refractivity contribution in [3.8, 4) is 0 Å². The van der Waals surface area contributed by atoms with Crippen LogP contribution >= 0.6 is 0 Å². The van der Waals surface area contributed by atoms with Gasteiger partial charge in [0.05, 0.1) is 7.11 Å². The van der Waals surface area contributed by atoms with Gasteiger partial charge in [-0.15, -0.1) is 0 Å². The summed E-state index contributed by atoms with van der Waals surface area (Å²) in [5.41, 5.74) is 5.07. The van der Waals surface area contributed by atoms with Crippen LogP contribution in [0.5, 0.6) is 0 Å². The molecule has 0 aliphatic heterocycles. The molecular weight excluding hydrogens is 262 g/mol. The molecule has 3 heteroatoms. The van der Waals surface area contributed by atoms with E-state index < -0.39 is 0 Å². The lowest BCUT2D eigenvalue weighted by molar-refractivity contribution is -0.144. The maximum atomic E-state index is 12.0. The molecule has 0 aliphatic carbocycles.